The molecule has 0 saturated carbocycles. The second-order valence-corrected chi connectivity index (χ2v) is 7.32. The summed E-state index contributed by atoms with van der Waals surface area (Å²) in [5.74, 6) is 0.208. The van der Waals surface area contributed by atoms with Gasteiger partial charge in [0.15, 0.2) is 0 Å². The molecule has 1 aromatic rings. The van der Waals surface area contributed by atoms with Crippen molar-refractivity contribution in [2.24, 2.45) is 5.92 Å². The van der Waals surface area contributed by atoms with Gasteiger partial charge in [0.1, 0.15) is 12.4 Å². The van der Waals surface area contributed by atoms with Gasteiger partial charge in [-0.25, -0.2) is 9.59 Å². The standard InChI is InChI=1S/C19H25F2N3O4/c1-12(2)15-11-27-19(26)24(15)13-7-9-23(10-8-13)18(25)22-14-5-3-4-6-16(14)28-17(20)21/h3-6,12-13,15,17H,7-11H2,1-2H3,(H,22,25). The minimum absolute atomic E-state index is 0.0286. The SMILES string of the molecule is CC(C)C1COC(=O)N1C1CCN(C(=O)Nc2ccccc2OC(F)F)CC1. The van der Waals surface area contributed by atoms with Gasteiger partial charge in [0, 0.05) is 19.1 Å². The molecule has 0 radical (unpaired) electrons. The van der Waals surface area contributed by atoms with E-state index in [9.17, 15) is 18.4 Å². The van der Waals surface area contributed by atoms with Crippen molar-refractivity contribution in [2.75, 3.05) is 25.0 Å². The van der Waals surface area contributed by atoms with Gasteiger partial charge in [-0.3, -0.25) is 4.90 Å². The van der Waals surface area contributed by atoms with E-state index in [2.05, 4.69) is 23.9 Å². The maximum atomic E-state index is 12.5. The third-order valence-electron chi connectivity index (χ3n) is 5.21. The van der Waals surface area contributed by atoms with E-state index in [-0.39, 0.29) is 35.6 Å². The number of cyclic esters (lactones) is 1. The van der Waals surface area contributed by atoms with Crippen molar-refractivity contribution in [1.29, 1.82) is 0 Å². The van der Waals surface area contributed by atoms with Crippen LogP contribution in [-0.4, -0.2) is 60.3 Å². The van der Waals surface area contributed by atoms with E-state index in [1.54, 1.807) is 17.0 Å². The van der Waals surface area contributed by atoms with Crippen molar-refractivity contribution < 1.29 is 27.8 Å². The molecule has 2 saturated heterocycles. The molecular weight excluding hydrogens is 372 g/mol. The van der Waals surface area contributed by atoms with Gasteiger partial charge in [-0.05, 0) is 30.9 Å². The number of carbonyl (C=O) groups excluding carboxylic acids is 2. The summed E-state index contributed by atoms with van der Waals surface area (Å²) in [5, 5.41) is 2.63. The zero-order chi connectivity index (χ0) is 20.3. The number of carbonyl (C=O) groups is 2. The van der Waals surface area contributed by atoms with Gasteiger partial charge >= 0.3 is 18.7 Å². The van der Waals surface area contributed by atoms with Crippen LogP contribution >= 0.6 is 0 Å². The largest absolute Gasteiger partial charge is 0.447 e. The lowest BCUT2D eigenvalue weighted by Crippen LogP contribution is -2.51. The number of anilines is 1. The summed E-state index contributed by atoms with van der Waals surface area (Å²) in [4.78, 5) is 28.1. The van der Waals surface area contributed by atoms with Crippen molar-refractivity contribution in [3.8, 4) is 5.75 Å². The number of hydrogen-bond acceptors (Lipinski definition) is 4. The van der Waals surface area contributed by atoms with Crippen molar-refractivity contribution in [2.45, 2.75) is 45.4 Å². The molecule has 1 atom stereocenters. The van der Waals surface area contributed by atoms with Crippen LogP contribution in [0.25, 0.3) is 0 Å². The fourth-order valence-electron chi connectivity index (χ4n) is 3.69. The second-order valence-electron chi connectivity index (χ2n) is 7.32. The number of rotatable bonds is 5. The van der Waals surface area contributed by atoms with Gasteiger partial charge < -0.3 is 19.7 Å². The Morgan fingerprint density at radius 3 is 2.57 bits per heavy atom. The molecule has 1 N–H and O–H groups in total. The number of para-hydroxylation sites is 2. The third kappa shape index (κ3) is 4.45. The fourth-order valence-corrected chi connectivity index (χ4v) is 3.69. The lowest BCUT2D eigenvalue weighted by atomic mass is 9.98. The molecule has 2 heterocycles. The Kier molecular flexibility index (Phi) is 6.21. The first-order valence-corrected chi connectivity index (χ1v) is 9.41. The van der Waals surface area contributed by atoms with Crippen molar-refractivity contribution in [1.82, 2.24) is 9.80 Å². The normalized spacial score (nSPS) is 20.6. The molecule has 0 bridgehead atoms. The molecule has 2 aliphatic heterocycles. The highest BCUT2D eigenvalue weighted by Crippen LogP contribution is 2.29. The number of hydrogen-bond donors (Lipinski definition) is 1. The number of urea groups is 1. The van der Waals surface area contributed by atoms with Crippen molar-refractivity contribution >= 4 is 17.8 Å². The maximum Gasteiger partial charge on any atom is 0.410 e. The first kappa shape index (κ1) is 20.2. The summed E-state index contributed by atoms with van der Waals surface area (Å²) in [6.45, 7) is 2.47. The molecule has 3 amide bonds. The lowest BCUT2D eigenvalue weighted by Gasteiger charge is -2.38. The maximum absolute atomic E-state index is 12.5. The molecule has 2 aliphatic rings. The number of benzene rings is 1. The summed E-state index contributed by atoms with van der Waals surface area (Å²) in [7, 11) is 0. The van der Waals surface area contributed by atoms with Crippen LogP contribution in [0.3, 0.4) is 0 Å². The molecule has 7 nitrogen and oxygen atoms in total. The predicted molar refractivity (Wildman–Crippen MR) is 98.5 cm³/mol. The highest BCUT2D eigenvalue weighted by molar-refractivity contribution is 5.91. The summed E-state index contributed by atoms with van der Waals surface area (Å²) in [6.07, 6.45) is 0.988. The van der Waals surface area contributed by atoms with E-state index < -0.39 is 6.61 Å². The van der Waals surface area contributed by atoms with Crippen LogP contribution in [0, 0.1) is 5.92 Å². The zero-order valence-corrected chi connectivity index (χ0v) is 15.9. The van der Waals surface area contributed by atoms with Crippen LogP contribution in [-0.2, 0) is 4.74 Å². The first-order chi connectivity index (χ1) is 13.4. The average Bonchev–Trinajstić information content (AvgIpc) is 3.05. The van der Waals surface area contributed by atoms with Crippen LogP contribution in [0.5, 0.6) is 5.75 Å². The van der Waals surface area contributed by atoms with Crippen LogP contribution < -0.4 is 10.1 Å². The minimum Gasteiger partial charge on any atom is -0.447 e. The molecular formula is C19H25F2N3O4. The summed E-state index contributed by atoms with van der Waals surface area (Å²) >= 11 is 0. The fraction of sp³-hybridized carbons (Fsp3) is 0.579. The summed E-state index contributed by atoms with van der Waals surface area (Å²) in [6, 6.07) is 5.77. The topological polar surface area (TPSA) is 71.1 Å². The zero-order valence-electron chi connectivity index (χ0n) is 15.9. The van der Waals surface area contributed by atoms with E-state index in [0.29, 0.717) is 38.5 Å². The molecule has 1 aromatic carbocycles. The highest BCUT2D eigenvalue weighted by Gasteiger charge is 2.41. The number of halogens is 2. The number of alkyl halides is 2. The number of amides is 3. The quantitative estimate of drug-likeness (QED) is 0.821. The van der Waals surface area contributed by atoms with Crippen LogP contribution in [0.2, 0.25) is 0 Å². The monoisotopic (exact) mass is 397 g/mol. The molecule has 3 rings (SSSR count). The van der Waals surface area contributed by atoms with E-state index in [4.69, 9.17) is 4.74 Å². The van der Waals surface area contributed by atoms with Crippen LogP contribution in [0.4, 0.5) is 24.1 Å². The van der Waals surface area contributed by atoms with Gasteiger partial charge in [0.25, 0.3) is 0 Å². The van der Waals surface area contributed by atoms with Crippen molar-refractivity contribution in [3.63, 3.8) is 0 Å². The number of nitrogens with one attached hydrogen (secondary N) is 1. The number of piperidine rings is 1. The summed E-state index contributed by atoms with van der Waals surface area (Å²) < 4.78 is 34.7. The molecule has 0 spiro atoms. The molecule has 0 aliphatic carbocycles. The molecule has 28 heavy (non-hydrogen) atoms. The summed E-state index contributed by atoms with van der Waals surface area (Å²) in [5.41, 5.74) is 0.193. The van der Waals surface area contributed by atoms with Gasteiger partial charge in [0.2, 0.25) is 0 Å². The molecule has 0 aromatic heterocycles. The molecule has 2 fully saturated rings. The number of likely N-dealkylation sites (tertiary alicyclic amines) is 1. The molecule has 1 unspecified atom stereocenters. The lowest BCUT2D eigenvalue weighted by molar-refractivity contribution is -0.0493. The second kappa shape index (κ2) is 8.62. The Morgan fingerprint density at radius 2 is 1.93 bits per heavy atom. The Bertz CT molecular complexity index is 708. The Morgan fingerprint density at radius 1 is 1.25 bits per heavy atom. The van der Waals surface area contributed by atoms with Gasteiger partial charge in [-0.1, -0.05) is 26.0 Å². The highest BCUT2D eigenvalue weighted by atomic mass is 19.3. The average molecular weight is 397 g/mol. The van der Waals surface area contributed by atoms with Crippen LogP contribution in [0.15, 0.2) is 24.3 Å². The number of nitrogens with zero attached hydrogens (tertiary/aromatic N) is 2. The third-order valence-corrected chi connectivity index (χ3v) is 5.21. The first-order valence-electron chi connectivity index (χ1n) is 9.41. The molecule has 9 heteroatoms. The minimum atomic E-state index is -2.97. The van der Waals surface area contributed by atoms with E-state index >= 15 is 0 Å². The Balaban J connectivity index is 1.58. The Hall–Kier alpha value is -2.58. The van der Waals surface area contributed by atoms with E-state index in [1.807, 2.05) is 4.90 Å². The number of ether oxygens (including phenoxy) is 2. The van der Waals surface area contributed by atoms with Gasteiger partial charge in [-0.2, -0.15) is 8.78 Å². The molecule has 154 valence electrons. The van der Waals surface area contributed by atoms with Gasteiger partial charge in [0.05, 0.1) is 11.7 Å². The van der Waals surface area contributed by atoms with Crippen molar-refractivity contribution in [3.05, 3.63) is 24.3 Å². The van der Waals surface area contributed by atoms with E-state index in [1.165, 1.54) is 12.1 Å². The predicted octanol–water partition coefficient (Wildman–Crippen LogP) is 3.76. The Labute approximate surface area is 162 Å². The van der Waals surface area contributed by atoms with E-state index in [0.717, 1.165) is 0 Å². The smallest absolute Gasteiger partial charge is 0.410 e. The van der Waals surface area contributed by atoms with Gasteiger partial charge in [-0.15, -0.1) is 0 Å². The van der Waals surface area contributed by atoms with Crippen LogP contribution in [0.1, 0.15) is 26.7 Å².